The predicted molar refractivity (Wildman–Crippen MR) is 103 cm³/mol. The van der Waals surface area contributed by atoms with Gasteiger partial charge in [0.15, 0.2) is 5.65 Å². The Bertz CT molecular complexity index is 1380. The number of aromatic amines is 2. The number of imidazole rings is 1. The standard InChI is InChI=1S/C18H14ClN7O3/c19-10-1-5-12(6-2-10)29-18-23-14-9(7-13-15(27)24-17(28)22-13)8-20-26(14)16(25-18)21-11-3-4-11/h1-2,5-8,11,27H,3-4H2,(H2,22,24,28)/b9-7-,21-16?. The van der Waals surface area contributed by atoms with Crippen molar-refractivity contribution >= 4 is 23.3 Å². The van der Waals surface area contributed by atoms with Gasteiger partial charge in [0, 0.05) is 10.2 Å². The van der Waals surface area contributed by atoms with Crippen LogP contribution in [0.2, 0.25) is 5.02 Å². The Morgan fingerprint density at radius 1 is 1.24 bits per heavy atom. The summed E-state index contributed by atoms with van der Waals surface area (Å²) in [6.45, 7) is 0. The molecule has 29 heavy (non-hydrogen) atoms. The molecule has 0 spiro atoms. The number of ether oxygens (including phenoxy) is 1. The molecular formula is C18H14ClN7O3. The molecule has 1 aliphatic rings. The van der Waals surface area contributed by atoms with Gasteiger partial charge >= 0.3 is 11.7 Å². The highest BCUT2D eigenvalue weighted by molar-refractivity contribution is 6.30. The molecule has 3 N–H and O–H groups in total. The molecule has 3 aromatic heterocycles. The van der Waals surface area contributed by atoms with Crippen LogP contribution in [0.4, 0.5) is 0 Å². The van der Waals surface area contributed by atoms with Gasteiger partial charge in [0.1, 0.15) is 11.4 Å². The predicted octanol–water partition coefficient (Wildman–Crippen LogP) is 0.903. The molecule has 1 fully saturated rings. The highest BCUT2D eigenvalue weighted by Crippen LogP contribution is 2.23. The lowest BCUT2D eigenvalue weighted by atomic mass is 10.3. The zero-order valence-electron chi connectivity index (χ0n) is 14.8. The van der Waals surface area contributed by atoms with Crippen molar-refractivity contribution in [3.05, 3.63) is 62.5 Å². The lowest BCUT2D eigenvalue weighted by Gasteiger charge is -2.04. The Kier molecular flexibility index (Phi) is 4.06. The third kappa shape index (κ3) is 3.57. The number of fused-ring (bicyclic) bond motifs is 1. The maximum Gasteiger partial charge on any atom is 0.327 e. The number of hydrogen-bond acceptors (Lipinski definition) is 7. The van der Waals surface area contributed by atoms with Gasteiger partial charge in [-0.3, -0.25) is 4.98 Å². The molecule has 1 aliphatic carbocycles. The average Bonchev–Trinajstić information content (AvgIpc) is 3.33. The number of hydrogen-bond donors (Lipinski definition) is 3. The molecule has 0 saturated heterocycles. The summed E-state index contributed by atoms with van der Waals surface area (Å²) in [5, 5.41) is 15.3. The second-order valence-corrected chi connectivity index (χ2v) is 6.98. The van der Waals surface area contributed by atoms with Gasteiger partial charge in [0.05, 0.1) is 12.2 Å². The van der Waals surface area contributed by atoms with E-state index in [-0.39, 0.29) is 23.6 Å². The normalized spacial score (nSPS) is 15.3. The van der Waals surface area contributed by atoms with Crippen LogP contribution in [0.5, 0.6) is 17.6 Å². The number of benzene rings is 1. The Hall–Kier alpha value is -3.66. The minimum atomic E-state index is -0.518. The van der Waals surface area contributed by atoms with Crippen molar-refractivity contribution in [1.29, 1.82) is 0 Å². The van der Waals surface area contributed by atoms with Crippen LogP contribution in [0.1, 0.15) is 18.5 Å². The number of halogens is 1. The van der Waals surface area contributed by atoms with Gasteiger partial charge in [-0.15, -0.1) is 0 Å². The fourth-order valence-corrected chi connectivity index (χ4v) is 2.84. The number of aromatic hydroxyl groups is 1. The first-order valence-corrected chi connectivity index (χ1v) is 9.19. The van der Waals surface area contributed by atoms with Crippen molar-refractivity contribution in [3.8, 4) is 17.6 Å². The van der Waals surface area contributed by atoms with Gasteiger partial charge < -0.3 is 14.8 Å². The first-order chi connectivity index (χ1) is 14.0. The Labute approximate surface area is 167 Å². The molecule has 1 saturated carbocycles. The zero-order valence-corrected chi connectivity index (χ0v) is 15.6. The minimum Gasteiger partial charge on any atom is -0.493 e. The zero-order chi connectivity index (χ0) is 20.0. The number of nitrogens with one attached hydrogen (secondary N) is 2. The van der Waals surface area contributed by atoms with Crippen LogP contribution in [-0.2, 0) is 0 Å². The van der Waals surface area contributed by atoms with E-state index >= 15 is 0 Å². The molecular weight excluding hydrogens is 398 g/mol. The van der Waals surface area contributed by atoms with Gasteiger partial charge in [-0.05, 0) is 43.2 Å². The Morgan fingerprint density at radius 2 is 2.03 bits per heavy atom. The molecule has 10 nitrogen and oxygen atoms in total. The monoisotopic (exact) mass is 411 g/mol. The molecule has 146 valence electrons. The summed E-state index contributed by atoms with van der Waals surface area (Å²) in [5.74, 6) is 0.248. The van der Waals surface area contributed by atoms with E-state index in [0.29, 0.717) is 27.3 Å². The van der Waals surface area contributed by atoms with E-state index in [1.807, 2.05) is 0 Å². The van der Waals surface area contributed by atoms with Crippen LogP contribution in [0.15, 0.2) is 40.2 Å². The van der Waals surface area contributed by atoms with Crippen molar-refractivity contribution in [3.63, 3.8) is 0 Å². The van der Waals surface area contributed by atoms with E-state index < -0.39 is 5.69 Å². The smallest absolute Gasteiger partial charge is 0.327 e. The molecule has 0 unspecified atom stereocenters. The molecule has 0 aliphatic heterocycles. The van der Waals surface area contributed by atoms with Crippen molar-refractivity contribution in [2.75, 3.05) is 0 Å². The lowest BCUT2D eigenvalue weighted by molar-refractivity contribution is 0.435. The quantitative estimate of drug-likeness (QED) is 0.457. The molecule has 1 aromatic carbocycles. The number of H-pyrrole nitrogens is 2. The molecule has 11 heteroatoms. The maximum absolute atomic E-state index is 11.4. The van der Waals surface area contributed by atoms with E-state index in [0.717, 1.165) is 12.8 Å². The van der Waals surface area contributed by atoms with Gasteiger partial charge in [-0.2, -0.15) is 19.6 Å². The van der Waals surface area contributed by atoms with Crippen molar-refractivity contribution in [1.82, 2.24) is 29.5 Å². The van der Waals surface area contributed by atoms with Crippen LogP contribution < -0.4 is 21.3 Å². The van der Waals surface area contributed by atoms with Gasteiger partial charge in [-0.1, -0.05) is 11.6 Å². The summed E-state index contributed by atoms with van der Waals surface area (Å²) in [6, 6.07) is 7.13. The number of aromatic nitrogens is 6. The van der Waals surface area contributed by atoms with Crippen LogP contribution in [-0.4, -0.2) is 40.7 Å². The van der Waals surface area contributed by atoms with Crippen LogP contribution >= 0.6 is 11.6 Å². The first-order valence-electron chi connectivity index (χ1n) is 8.81. The van der Waals surface area contributed by atoms with E-state index in [2.05, 4.69) is 30.0 Å². The van der Waals surface area contributed by atoms with Gasteiger partial charge in [-0.25, -0.2) is 9.79 Å². The van der Waals surface area contributed by atoms with Crippen molar-refractivity contribution < 1.29 is 9.84 Å². The summed E-state index contributed by atoms with van der Waals surface area (Å²) in [4.78, 5) is 29.5. The summed E-state index contributed by atoms with van der Waals surface area (Å²) in [6.07, 6.45) is 5.09. The van der Waals surface area contributed by atoms with E-state index in [1.54, 1.807) is 36.5 Å². The molecule has 3 heterocycles. The second kappa shape index (κ2) is 6.74. The Morgan fingerprint density at radius 3 is 2.72 bits per heavy atom. The minimum absolute atomic E-state index is 0.0983. The van der Waals surface area contributed by atoms with E-state index in [1.165, 1.54) is 4.52 Å². The number of nitrogens with zero attached hydrogens (tertiary/aromatic N) is 5. The largest absolute Gasteiger partial charge is 0.493 e. The fourth-order valence-electron chi connectivity index (χ4n) is 2.71. The summed E-state index contributed by atoms with van der Waals surface area (Å²) in [5.41, 5.74) is 0.484. The highest BCUT2D eigenvalue weighted by Gasteiger charge is 2.21. The summed E-state index contributed by atoms with van der Waals surface area (Å²) < 4.78 is 7.28. The van der Waals surface area contributed by atoms with E-state index in [4.69, 9.17) is 16.3 Å². The maximum atomic E-state index is 11.4. The number of rotatable bonds is 4. The first kappa shape index (κ1) is 17.4. The molecule has 4 aromatic rings. The second-order valence-electron chi connectivity index (χ2n) is 6.54. The van der Waals surface area contributed by atoms with Gasteiger partial charge in [0.25, 0.3) is 5.62 Å². The molecule has 0 amide bonds. The molecule has 5 rings (SSSR count). The molecule has 0 radical (unpaired) electrons. The highest BCUT2D eigenvalue weighted by atomic mass is 35.5. The topological polar surface area (TPSA) is 134 Å². The average molecular weight is 412 g/mol. The SMILES string of the molecule is O=c1[nH]c(O)c(/C=c2/cnn3c(=NC4CC4)nc(Oc4ccc(Cl)cc4)nc23)[nH]1. The van der Waals surface area contributed by atoms with Gasteiger partial charge in [0.2, 0.25) is 5.88 Å². The summed E-state index contributed by atoms with van der Waals surface area (Å²) in [7, 11) is 0. The fraction of sp³-hybridized carbons (Fsp3) is 0.167. The van der Waals surface area contributed by atoms with Crippen LogP contribution in [0.25, 0.3) is 11.7 Å². The third-order valence-electron chi connectivity index (χ3n) is 4.26. The van der Waals surface area contributed by atoms with Crippen LogP contribution in [0, 0.1) is 0 Å². The van der Waals surface area contributed by atoms with E-state index in [9.17, 15) is 9.90 Å². The molecule has 0 atom stereocenters. The lowest BCUT2D eigenvalue weighted by Crippen LogP contribution is -2.23. The van der Waals surface area contributed by atoms with Crippen molar-refractivity contribution in [2.45, 2.75) is 18.9 Å². The summed E-state index contributed by atoms with van der Waals surface area (Å²) >= 11 is 5.91. The Balaban J connectivity index is 1.67. The molecule has 0 bridgehead atoms. The third-order valence-corrected chi connectivity index (χ3v) is 4.51. The van der Waals surface area contributed by atoms with Crippen LogP contribution in [0.3, 0.4) is 0 Å². The van der Waals surface area contributed by atoms with Crippen molar-refractivity contribution in [2.24, 2.45) is 4.99 Å².